The average Bonchev–Trinajstić information content (AvgIpc) is 2.55. The maximum absolute atomic E-state index is 5.95. The van der Waals surface area contributed by atoms with Crippen LogP contribution in [0.15, 0.2) is 67.3 Å². The van der Waals surface area contributed by atoms with Crippen LogP contribution in [0.1, 0.15) is 12.8 Å². The molecule has 0 amide bonds. The maximum Gasteiger partial charge on any atom is 0.127 e. The van der Waals surface area contributed by atoms with Crippen LogP contribution in [0.4, 0.5) is 0 Å². The normalized spacial score (nSPS) is 10.3. The standard InChI is InChI=1S/C19H23NO/c1-2-14-20-15-8-9-16-21-19-13-7-6-12-18(19)17-10-4-3-5-11-17/h2-7,10-13,20H,1,8-9,14-16H2. The summed E-state index contributed by atoms with van der Waals surface area (Å²) in [5.74, 6) is 0.961. The number of benzene rings is 2. The Kier molecular flexibility index (Phi) is 6.56. The molecular formula is C19H23NO. The van der Waals surface area contributed by atoms with Gasteiger partial charge in [-0.3, -0.25) is 0 Å². The molecular weight excluding hydrogens is 258 g/mol. The first kappa shape index (κ1) is 15.3. The fourth-order valence-electron chi connectivity index (χ4n) is 2.19. The summed E-state index contributed by atoms with van der Waals surface area (Å²) in [5, 5.41) is 3.30. The molecule has 0 aromatic heterocycles. The van der Waals surface area contributed by atoms with Crippen molar-refractivity contribution in [3.63, 3.8) is 0 Å². The molecule has 1 N–H and O–H groups in total. The van der Waals surface area contributed by atoms with Gasteiger partial charge in [0, 0.05) is 12.1 Å². The zero-order valence-corrected chi connectivity index (χ0v) is 12.4. The minimum absolute atomic E-state index is 0.750. The zero-order valence-electron chi connectivity index (χ0n) is 12.4. The largest absolute Gasteiger partial charge is 0.493 e. The number of para-hydroxylation sites is 1. The molecule has 0 heterocycles. The Balaban J connectivity index is 1.85. The molecule has 2 heteroatoms. The van der Waals surface area contributed by atoms with E-state index < -0.39 is 0 Å². The first-order chi connectivity index (χ1) is 10.4. The second-order valence-electron chi connectivity index (χ2n) is 4.91. The summed E-state index contributed by atoms with van der Waals surface area (Å²) in [6.07, 6.45) is 4.04. The highest BCUT2D eigenvalue weighted by atomic mass is 16.5. The summed E-state index contributed by atoms with van der Waals surface area (Å²) < 4.78 is 5.95. The number of unbranched alkanes of at least 4 members (excludes halogenated alkanes) is 1. The van der Waals surface area contributed by atoms with Gasteiger partial charge in [0.15, 0.2) is 0 Å². The third-order valence-corrected chi connectivity index (χ3v) is 3.27. The second-order valence-corrected chi connectivity index (χ2v) is 4.91. The summed E-state index contributed by atoms with van der Waals surface area (Å²) >= 11 is 0. The van der Waals surface area contributed by atoms with Gasteiger partial charge in [-0.1, -0.05) is 54.6 Å². The van der Waals surface area contributed by atoms with Crippen molar-refractivity contribution in [2.75, 3.05) is 19.7 Å². The van der Waals surface area contributed by atoms with E-state index in [1.54, 1.807) is 0 Å². The van der Waals surface area contributed by atoms with Gasteiger partial charge in [-0.15, -0.1) is 6.58 Å². The van der Waals surface area contributed by atoms with Crippen LogP contribution in [0.2, 0.25) is 0 Å². The van der Waals surface area contributed by atoms with Crippen molar-refractivity contribution in [3.8, 4) is 16.9 Å². The predicted octanol–water partition coefficient (Wildman–Crippen LogP) is 4.29. The van der Waals surface area contributed by atoms with Crippen LogP contribution in [0.3, 0.4) is 0 Å². The molecule has 0 bridgehead atoms. The molecule has 0 unspecified atom stereocenters. The van der Waals surface area contributed by atoms with Crippen LogP contribution in [0.25, 0.3) is 11.1 Å². The van der Waals surface area contributed by atoms with Crippen LogP contribution < -0.4 is 10.1 Å². The molecule has 110 valence electrons. The van der Waals surface area contributed by atoms with Crippen molar-refractivity contribution in [2.45, 2.75) is 12.8 Å². The Hall–Kier alpha value is -2.06. The van der Waals surface area contributed by atoms with Crippen molar-refractivity contribution in [1.29, 1.82) is 0 Å². The lowest BCUT2D eigenvalue weighted by atomic mass is 10.1. The second kappa shape index (κ2) is 8.98. The molecule has 0 saturated carbocycles. The number of nitrogens with one attached hydrogen (secondary N) is 1. The fraction of sp³-hybridized carbons (Fsp3) is 0.263. The Labute approximate surface area is 127 Å². The summed E-state index contributed by atoms with van der Waals surface area (Å²) in [7, 11) is 0. The molecule has 0 atom stereocenters. The van der Waals surface area contributed by atoms with Gasteiger partial charge < -0.3 is 10.1 Å². The van der Waals surface area contributed by atoms with Gasteiger partial charge in [-0.05, 0) is 31.0 Å². The van der Waals surface area contributed by atoms with E-state index in [9.17, 15) is 0 Å². The number of rotatable bonds is 9. The quantitative estimate of drug-likeness (QED) is 0.547. The lowest BCUT2D eigenvalue weighted by Gasteiger charge is -2.11. The summed E-state index contributed by atoms with van der Waals surface area (Å²) in [6, 6.07) is 18.6. The van der Waals surface area contributed by atoms with E-state index in [0.29, 0.717) is 0 Å². The molecule has 2 aromatic carbocycles. The van der Waals surface area contributed by atoms with Gasteiger partial charge in [0.2, 0.25) is 0 Å². The highest BCUT2D eigenvalue weighted by molar-refractivity contribution is 5.70. The van der Waals surface area contributed by atoms with Crippen LogP contribution in [-0.2, 0) is 0 Å². The maximum atomic E-state index is 5.95. The molecule has 2 rings (SSSR count). The monoisotopic (exact) mass is 281 g/mol. The molecule has 0 aliphatic rings. The smallest absolute Gasteiger partial charge is 0.127 e. The molecule has 0 radical (unpaired) electrons. The van der Waals surface area contributed by atoms with Gasteiger partial charge in [0.1, 0.15) is 5.75 Å². The topological polar surface area (TPSA) is 21.3 Å². The minimum Gasteiger partial charge on any atom is -0.493 e. The van der Waals surface area contributed by atoms with E-state index >= 15 is 0 Å². The molecule has 0 aliphatic heterocycles. The lowest BCUT2D eigenvalue weighted by molar-refractivity contribution is 0.307. The van der Waals surface area contributed by atoms with Crippen molar-refractivity contribution in [1.82, 2.24) is 5.32 Å². The molecule has 0 aliphatic carbocycles. The van der Waals surface area contributed by atoms with Crippen molar-refractivity contribution >= 4 is 0 Å². The van der Waals surface area contributed by atoms with E-state index in [2.05, 4.69) is 42.2 Å². The molecule has 0 spiro atoms. The van der Waals surface area contributed by atoms with Crippen LogP contribution in [0, 0.1) is 0 Å². The molecule has 21 heavy (non-hydrogen) atoms. The zero-order chi connectivity index (χ0) is 14.8. The van der Waals surface area contributed by atoms with Crippen molar-refractivity contribution < 1.29 is 4.74 Å². The van der Waals surface area contributed by atoms with Gasteiger partial charge in [0.25, 0.3) is 0 Å². The van der Waals surface area contributed by atoms with Gasteiger partial charge in [-0.25, -0.2) is 0 Å². The minimum atomic E-state index is 0.750. The molecule has 0 fully saturated rings. The third-order valence-electron chi connectivity index (χ3n) is 3.27. The fourth-order valence-corrected chi connectivity index (χ4v) is 2.19. The number of hydrogen-bond donors (Lipinski definition) is 1. The number of hydrogen-bond acceptors (Lipinski definition) is 2. The van der Waals surface area contributed by atoms with Crippen LogP contribution in [-0.4, -0.2) is 19.7 Å². The average molecular weight is 281 g/mol. The number of ether oxygens (including phenoxy) is 1. The van der Waals surface area contributed by atoms with Gasteiger partial charge in [0.05, 0.1) is 6.61 Å². The molecule has 2 aromatic rings. The first-order valence-corrected chi connectivity index (χ1v) is 7.50. The van der Waals surface area contributed by atoms with Crippen LogP contribution in [0.5, 0.6) is 5.75 Å². The summed E-state index contributed by atoms with van der Waals surface area (Å²) in [6.45, 7) is 6.32. The van der Waals surface area contributed by atoms with E-state index in [4.69, 9.17) is 4.74 Å². The van der Waals surface area contributed by atoms with E-state index in [1.165, 1.54) is 5.56 Å². The van der Waals surface area contributed by atoms with E-state index in [0.717, 1.165) is 43.9 Å². The van der Waals surface area contributed by atoms with Crippen LogP contribution >= 0.6 is 0 Å². The first-order valence-electron chi connectivity index (χ1n) is 7.50. The third kappa shape index (κ3) is 5.09. The molecule has 2 nitrogen and oxygen atoms in total. The van der Waals surface area contributed by atoms with Gasteiger partial charge >= 0.3 is 0 Å². The van der Waals surface area contributed by atoms with E-state index in [1.807, 2.05) is 30.3 Å². The summed E-state index contributed by atoms with van der Waals surface area (Å²) in [5.41, 5.74) is 2.35. The summed E-state index contributed by atoms with van der Waals surface area (Å²) in [4.78, 5) is 0. The Morgan fingerprint density at radius 1 is 0.952 bits per heavy atom. The van der Waals surface area contributed by atoms with Gasteiger partial charge in [-0.2, -0.15) is 0 Å². The van der Waals surface area contributed by atoms with Crippen molar-refractivity contribution in [3.05, 3.63) is 67.3 Å². The predicted molar refractivity (Wildman–Crippen MR) is 89.7 cm³/mol. The van der Waals surface area contributed by atoms with Crippen molar-refractivity contribution in [2.24, 2.45) is 0 Å². The lowest BCUT2D eigenvalue weighted by Crippen LogP contribution is -2.15. The highest BCUT2D eigenvalue weighted by Crippen LogP contribution is 2.29. The Bertz CT molecular complexity index is 536. The molecule has 0 saturated heterocycles. The highest BCUT2D eigenvalue weighted by Gasteiger charge is 2.04. The Morgan fingerprint density at radius 2 is 1.71 bits per heavy atom. The SMILES string of the molecule is C=CCNCCCCOc1ccccc1-c1ccccc1. The van der Waals surface area contributed by atoms with E-state index in [-0.39, 0.29) is 0 Å². The Morgan fingerprint density at radius 3 is 2.52 bits per heavy atom.